The lowest BCUT2D eigenvalue weighted by atomic mass is 9.51. The molecule has 4 aliphatic carbocycles. The van der Waals surface area contributed by atoms with Gasteiger partial charge in [-0.3, -0.25) is 24.1 Å². The summed E-state index contributed by atoms with van der Waals surface area (Å²) in [5.41, 5.74) is -1.03. The lowest BCUT2D eigenvalue weighted by Crippen LogP contribution is -2.69. The van der Waals surface area contributed by atoms with Crippen LogP contribution in [0.25, 0.3) is 0 Å². The number of imide groups is 1. The second kappa shape index (κ2) is 3.21. The summed E-state index contributed by atoms with van der Waals surface area (Å²) in [6.45, 7) is 0. The van der Waals surface area contributed by atoms with Crippen molar-refractivity contribution in [3.63, 3.8) is 0 Å². The van der Waals surface area contributed by atoms with Crippen molar-refractivity contribution in [2.45, 2.75) is 31.2 Å². The number of rotatable bonds is 1. The first kappa shape index (κ1) is 11.1. The maximum Gasteiger partial charge on any atom is 0.254 e. The summed E-state index contributed by atoms with van der Waals surface area (Å²) in [7, 11) is 0. The van der Waals surface area contributed by atoms with Gasteiger partial charge in [0.15, 0.2) is 5.78 Å². The van der Waals surface area contributed by atoms with Gasteiger partial charge in [0.25, 0.3) is 11.8 Å². The summed E-state index contributed by atoms with van der Waals surface area (Å²) in [4.78, 5) is 49.6. The predicted octanol–water partition coefficient (Wildman–Crippen LogP) is 0.238. The van der Waals surface area contributed by atoms with Crippen LogP contribution in [0.1, 0.15) is 25.7 Å². The van der Waals surface area contributed by atoms with Crippen molar-refractivity contribution in [3.05, 3.63) is 12.2 Å². The van der Waals surface area contributed by atoms with Gasteiger partial charge in [-0.25, -0.2) is 0 Å². The Labute approximate surface area is 109 Å². The van der Waals surface area contributed by atoms with Gasteiger partial charge in [-0.2, -0.15) is 0 Å². The zero-order valence-corrected chi connectivity index (χ0v) is 10.3. The molecule has 0 saturated heterocycles. The number of nitrogens with zero attached hydrogens (tertiary/aromatic N) is 1. The number of amides is 2. The first-order valence-electron chi connectivity index (χ1n) is 6.67. The van der Waals surface area contributed by atoms with E-state index in [1.807, 2.05) is 0 Å². The van der Waals surface area contributed by atoms with Gasteiger partial charge in [0.05, 0.1) is 0 Å². The van der Waals surface area contributed by atoms with Crippen LogP contribution < -0.4 is 0 Å². The Morgan fingerprint density at radius 3 is 1.95 bits per heavy atom. The first-order valence-corrected chi connectivity index (χ1v) is 6.67. The Morgan fingerprint density at radius 1 is 0.895 bits per heavy atom. The molecule has 0 aromatic heterocycles. The predicted molar refractivity (Wildman–Crippen MR) is 62.7 cm³/mol. The number of Topliss-reactive ketones (excluding diaryl/α,β-unsaturated/α-hetero) is 2. The maximum atomic E-state index is 12.6. The SMILES string of the molecule is O=C1C2CC3CC1CC(N1C(=O)C=CC1=O)(C2)C3=O. The number of carbonyl (C=O) groups is 4. The Bertz CT molecular complexity index is 540. The zero-order valence-electron chi connectivity index (χ0n) is 10.3. The van der Waals surface area contributed by atoms with Crippen molar-refractivity contribution < 1.29 is 19.2 Å². The summed E-state index contributed by atoms with van der Waals surface area (Å²) in [5.74, 6) is -1.02. The molecule has 19 heavy (non-hydrogen) atoms. The van der Waals surface area contributed by atoms with E-state index >= 15 is 0 Å². The molecule has 98 valence electrons. The summed E-state index contributed by atoms with van der Waals surface area (Å²) in [6.07, 6.45) is 4.35. The summed E-state index contributed by atoms with van der Waals surface area (Å²) >= 11 is 0. The molecule has 0 radical (unpaired) electrons. The minimum absolute atomic E-state index is 0.00194. The van der Waals surface area contributed by atoms with Gasteiger partial charge in [0.2, 0.25) is 0 Å². The molecule has 4 bridgehead atoms. The molecular weight excluding hydrogens is 246 g/mol. The minimum Gasteiger partial charge on any atom is -0.299 e. The maximum absolute atomic E-state index is 12.6. The topological polar surface area (TPSA) is 71.5 Å². The normalized spacial score (nSPS) is 43.8. The van der Waals surface area contributed by atoms with Crippen LogP contribution in [0, 0.1) is 17.8 Å². The van der Waals surface area contributed by atoms with E-state index in [4.69, 9.17) is 0 Å². The Morgan fingerprint density at radius 2 is 1.42 bits per heavy atom. The molecule has 0 N–H and O–H groups in total. The van der Waals surface area contributed by atoms with Crippen LogP contribution in [0.15, 0.2) is 12.2 Å². The third-order valence-electron chi connectivity index (χ3n) is 5.18. The minimum atomic E-state index is -1.03. The molecule has 1 heterocycles. The van der Waals surface area contributed by atoms with E-state index in [9.17, 15) is 19.2 Å². The fourth-order valence-electron chi connectivity index (χ4n) is 4.53. The van der Waals surface area contributed by atoms with Crippen LogP contribution in [-0.2, 0) is 19.2 Å². The van der Waals surface area contributed by atoms with Crippen molar-refractivity contribution in [1.29, 1.82) is 0 Å². The third kappa shape index (κ3) is 1.16. The van der Waals surface area contributed by atoms with Gasteiger partial charge in [-0.05, 0) is 25.7 Å². The molecule has 5 heteroatoms. The van der Waals surface area contributed by atoms with E-state index in [1.54, 1.807) is 0 Å². The number of hydrogen-bond acceptors (Lipinski definition) is 4. The highest BCUT2D eigenvalue weighted by Crippen LogP contribution is 2.54. The van der Waals surface area contributed by atoms with Crippen molar-refractivity contribution in [2.75, 3.05) is 0 Å². The highest BCUT2D eigenvalue weighted by molar-refractivity contribution is 6.17. The fraction of sp³-hybridized carbons (Fsp3) is 0.571. The van der Waals surface area contributed by atoms with Crippen molar-refractivity contribution in [2.24, 2.45) is 17.8 Å². The Kier molecular flexibility index (Phi) is 1.87. The van der Waals surface area contributed by atoms with E-state index in [0.29, 0.717) is 25.7 Å². The van der Waals surface area contributed by atoms with Gasteiger partial charge in [0, 0.05) is 29.9 Å². The fourth-order valence-corrected chi connectivity index (χ4v) is 4.53. The average Bonchev–Trinajstić information content (AvgIpc) is 2.69. The van der Waals surface area contributed by atoms with E-state index in [1.165, 1.54) is 12.2 Å². The second-order valence-corrected chi connectivity index (χ2v) is 6.11. The molecule has 0 aromatic carbocycles. The van der Waals surface area contributed by atoms with Crippen molar-refractivity contribution >= 4 is 23.4 Å². The molecule has 5 aliphatic rings. The molecule has 0 spiro atoms. The van der Waals surface area contributed by atoms with Crippen LogP contribution in [-0.4, -0.2) is 33.8 Å². The van der Waals surface area contributed by atoms with E-state index in [0.717, 1.165) is 4.90 Å². The summed E-state index contributed by atoms with van der Waals surface area (Å²) < 4.78 is 0. The molecule has 5 nitrogen and oxygen atoms in total. The highest BCUT2D eigenvalue weighted by atomic mass is 16.2. The smallest absolute Gasteiger partial charge is 0.254 e. The lowest BCUT2D eigenvalue weighted by molar-refractivity contribution is -0.172. The Hall–Kier alpha value is -1.78. The molecule has 1 aliphatic heterocycles. The third-order valence-corrected chi connectivity index (χ3v) is 5.18. The number of ketones is 2. The second-order valence-electron chi connectivity index (χ2n) is 6.11. The van der Waals surface area contributed by atoms with E-state index < -0.39 is 17.4 Å². The van der Waals surface area contributed by atoms with Crippen LogP contribution in [0.2, 0.25) is 0 Å². The van der Waals surface area contributed by atoms with E-state index in [-0.39, 0.29) is 29.3 Å². The molecule has 2 amide bonds. The molecule has 2 atom stereocenters. The molecule has 4 fully saturated rings. The summed E-state index contributed by atoms with van der Waals surface area (Å²) in [6, 6.07) is 0. The largest absolute Gasteiger partial charge is 0.299 e. The van der Waals surface area contributed by atoms with Gasteiger partial charge in [-0.15, -0.1) is 0 Å². The monoisotopic (exact) mass is 259 g/mol. The standard InChI is InChI=1S/C14H13NO4/c16-10-1-2-11(17)15(10)14-5-8-3-7(13(14)19)4-9(6-14)12(8)18/h1-2,7-9H,3-6H2. The first-order chi connectivity index (χ1) is 9.03. The van der Waals surface area contributed by atoms with Gasteiger partial charge in [0.1, 0.15) is 11.3 Å². The molecule has 0 aromatic rings. The van der Waals surface area contributed by atoms with Crippen LogP contribution in [0.5, 0.6) is 0 Å². The molecular formula is C14H13NO4. The van der Waals surface area contributed by atoms with E-state index in [2.05, 4.69) is 0 Å². The molecule has 5 rings (SSSR count). The van der Waals surface area contributed by atoms with Crippen LogP contribution in [0.4, 0.5) is 0 Å². The Balaban J connectivity index is 1.82. The summed E-state index contributed by atoms with van der Waals surface area (Å²) in [5, 5.41) is 0. The average molecular weight is 259 g/mol. The number of hydrogen-bond donors (Lipinski definition) is 0. The van der Waals surface area contributed by atoms with Gasteiger partial charge < -0.3 is 0 Å². The van der Waals surface area contributed by atoms with Crippen molar-refractivity contribution in [1.82, 2.24) is 4.90 Å². The zero-order chi connectivity index (χ0) is 13.4. The molecule has 4 saturated carbocycles. The number of carbonyl (C=O) groups excluding carboxylic acids is 4. The van der Waals surface area contributed by atoms with Crippen LogP contribution in [0.3, 0.4) is 0 Å². The van der Waals surface area contributed by atoms with Gasteiger partial charge >= 0.3 is 0 Å². The molecule has 2 unspecified atom stereocenters. The van der Waals surface area contributed by atoms with Crippen molar-refractivity contribution in [3.8, 4) is 0 Å². The van der Waals surface area contributed by atoms with Gasteiger partial charge in [-0.1, -0.05) is 0 Å². The highest BCUT2D eigenvalue weighted by Gasteiger charge is 2.64. The van der Waals surface area contributed by atoms with Crippen LogP contribution >= 0.6 is 0 Å². The lowest BCUT2D eigenvalue weighted by Gasteiger charge is -2.56. The quantitative estimate of drug-likeness (QED) is 0.632.